The van der Waals surface area contributed by atoms with Crippen molar-refractivity contribution in [1.82, 2.24) is 25.3 Å². The van der Waals surface area contributed by atoms with Crippen LogP contribution in [-0.2, 0) is 0 Å². The van der Waals surface area contributed by atoms with Gasteiger partial charge in [0.05, 0.1) is 7.11 Å². The minimum absolute atomic E-state index is 0.210. The highest BCUT2D eigenvalue weighted by Crippen LogP contribution is 2.33. The lowest BCUT2D eigenvalue weighted by atomic mass is 9.96. The first-order valence-corrected chi connectivity index (χ1v) is 9.42. The number of aromatic hydroxyl groups is 1. The first-order chi connectivity index (χ1) is 14.0. The fourth-order valence-corrected chi connectivity index (χ4v) is 3.46. The molecular weight excluding hydrogens is 372 g/mol. The first-order valence-electron chi connectivity index (χ1n) is 9.42. The molecule has 0 aliphatic carbocycles. The van der Waals surface area contributed by atoms with Gasteiger partial charge in [-0.05, 0) is 43.8 Å². The predicted molar refractivity (Wildman–Crippen MR) is 109 cm³/mol. The number of phenolic OH excluding ortho intramolecular Hbond substituents is 1. The van der Waals surface area contributed by atoms with Gasteiger partial charge in [0.1, 0.15) is 17.2 Å². The molecule has 29 heavy (non-hydrogen) atoms. The summed E-state index contributed by atoms with van der Waals surface area (Å²) in [5.74, 6) is 1.69. The van der Waals surface area contributed by atoms with E-state index in [2.05, 4.69) is 42.4 Å². The number of likely N-dealkylation sites (tertiary alicyclic amines) is 1. The molecule has 1 spiro atoms. The fraction of sp³-hybridized carbons (Fsp3) is 0.421. The van der Waals surface area contributed by atoms with Gasteiger partial charge in [0.2, 0.25) is 5.95 Å². The molecule has 0 atom stereocenters. The number of nitrogens with zero attached hydrogens (tertiary/aromatic N) is 7. The Labute approximate surface area is 169 Å². The molecular formula is C19H24N8O2. The van der Waals surface area contributed by atoms with Crippen molar-refractivity contribution in [2.75, 3.05) is 32.1 Å². The number of ether oxygens (including phenoxy) is 1. The zero-order valence-corrected chi connectivity index (χ0v) is 16.7. The third kappa shape index (κ3) is 3.83. The average Bonchev–Trinajstić information content (AvgIpc) is 3.07. The molecule has 0 radical (unpaired) electrons. The van der Waals surface area contributed by atoms with E-state index in [9.17, 15) is 5.11 Å². The minimum atomic E-state index is -0.451. The summed E-state index contributed by atoms with van der Waals surface area (Å²) < 4.78 is 5.24. The van der Waals surface area contributed by atoms with Crippen LogP contribution in [0.5, 0.6) is 11.8 Å². The van der Waals surface area contributed by atoms with Crippen LogP contribution >= 0.6 is 0 Å². The number of benzene rings is 1. The quantitative estimate of drug-likeness (QED) is 0.743. The van der Waals surface area contributed by atoms with Gasteiger partial charge in [-0.3, -0.25) is 10.3 Å². The van der Waals surface area contributed by atoms with Gasteiger partial charge < -0.3 is 14.7 Å². The predicted octanol–water partition coefficient (Wildman–Crippen LogP) is 1.12. The maximum atomic E-state index is 9.47. The van der Waals surface area contributed by atoms with Gasteiger partial charge in [0.25, 0.3) is 5.96 Å². The second-order valence-corrected chi connectivity index (χ2v) is 7.21. The number of aryl methyl sites for hydroxylation is 1. The number of rotatable bonds is 3. The van der Waals surface area contributed by atoms with E-state index in [4.69, 9.17) is 4.74 Å². The van der Waals surface area contributed by atoms with E-state index in [0.29, 0.717) is 17.7 Å². The molecule has 1 fully saturated rings. The lowest BCUT2D eigenvalue weighted by Gasteiger charge is -2.42. The Hall–Kier alpha value is -3.27. The number of guanidine groups is 1. The molecule has 10 heteroatoms. The molecule has 2 N–H and O–H groups in total. The van der Waals surface area contributed by atoms with Gasteiger partial charge in [-0.25, -0.2) is 4.99 Å². The number of piperidine rings is 1. The average molecular weight is 396 g/mol. The summed E-state index contributed by atoms with van der Waals surface area (Å²) in [5, 5.41) is 14.0. The van der Waals surface area contributed by atoms with Gasteiger partial charge in [-0.2, -0.15) is 15.0 Å². The van der Waals surface area contributed by atoms with Gasteiger partial charge in [-0.1, -0.05) is 0 Å². The molecule has 10 nitrogen and oxygen atoms in total. The SMILES string of the molecule is COc1nc(C)nc(N2C(/N=C/c3ccc(O)cc3)=NNC23CCN(C)CC3)n1. The maximum absolute atomic E-state index is 9.47. The zero-order valence-electron chi connectivity index (χ0n) is 16.7. The highest BCUT2D eigenvalue weighted by atomic mass is 16.5. The minimum Gasteiger partial charge on any atom is -0.508 e. The smallest absolute Gasteiger partial charge is 0.321 e. The molecule has 2 aliphatic heterocycles. The molecule has 4 rings (SSSR count). The van der Waals surface area contributed by atoms with E-state index in [0.717, 1.165) is 31.5 Å². The Morgan fingerprint density at radius 2 is 1.90 bits per heavy atom. The number of hydrogen-bond donors (Lipinski definition) is 2. The number of methoxy groups -OCH3 is 1. The molecule has 1 aromatic carbocycles. The Kier molecular flexibility index (Phi) is 5.01. The number of anilines is 1. The third-order valence-electron chi connectivity index (χ3n) is 5.13. The highest BCUT2D eigenvalue weighted by Gasteiger charge is 2.47. The number of hydrogen-bond acceptors (Lipinski definition) is 10. The normalized spacial score (nSPS) is 18.9. The molecule has 0 bridgehead atoms. The topological polar surface area (TPSA) is 111 Å². The van der Waals surface area contributed by atoms with Crippen molar-refractivity contribution in [2.24, 2.45) is 10.1 Å². The Bertz CT molecular complexity index is 936. The number of nitrogens with one attached hydrogen (secondary N) is 1. The van der Waals surface area contributed by atoms with E-state index in [1.54, 1.807) is 37.4 Å². The molecule has 0 saturated carbocycles. The van der Waals surface area contributed by atoms with E-state index < -0.39 is 5.66 Å². The standard InChI is InChI=1S/C19H24N8O2/c1-13-21-17(23-18(22-13)29-3)27-16(20-12-14-4-6-15(28)7-5-14)24-25-19(27)8-10-26(2)11-9-19/h4-7,12,25,28H,8-11H2,1-3H3/b20-12+. The summed E-state index contributed by atoms with van der Waals surface area (Å²) in [6, 6.07) is 7.06. The van der Waals surface area contributed by atoms with Crippen LogP contribution in [0.25, 0.3) is 0 Å². The van der Waals surface area contributed by atoms with Gasteiger partial charge in [0.15, 0.2) is 0 Å². The Morgan fingerprint density at radius 1 is 1.17 bits per heavy atom. The van der Waals surface area contributed by atoms with E-state index in [1.165, 1.54) is 7.11 Å². The molecule has 1 aromatic heterocycles. The summed E-state index contributed by atoms with van der Waals surface area (Å²) in [6.07, 6.45) is 3.36. The molecule has 0 unspecified atom stereocenters. The van der Waals surface area contributed by atoms with Crippen LogP contribution in [0.2, 0.25) is 0 Å². The Balaban J connectivity index is 1.70. The molecule has 0 amide bonds. The van der Waals surface area contributed by atoms with Crippen LogP contribution in [0, 0.1) is 6.92 Å². The van der Waals surface area contributed by atoms with Gasteiger partial charge in [-0.15, -0.1) is 5.10 Å². The second-order valence-electron chi connectivity index (χ2n) is 7.21. The zero-order chi connectivity index (χ0) is 20.4. The fourth-order valence-electron chi connectivity index (χ4n) is 3.46. The van der Waals surface area contributed by atoms with Crippen molar-refractivity contribution in [3.8, 4) is 11.8 Å². The summed E-state index contributed by atoms with van der Waals surface area (Å²) in [5.41, 5.74) is 3.68. The number of aromatic nitrogens is 3. The van der Waals surface area contributed by atoms with Crippen LogP contribution in [0.15, 0.2) is 34.4 Å². The summed E-state index contributed by atoms with van der Waals surface area (Å²) >= 11 is 0. The van der Waals surface area contributed by atoms with Crippen LogP contribution in [0.3, 0.4) is 0 Å². The summed E-state index contributed by atoms with van der Waals surface area (Å²) in [7, 11) is 3.64. The molecule has 3 heterocycles. The van der Waals surface area contributed by atoms with Crippen molar-refractivity contribution < 1.29 is 9.84 Å². The van der Waals surface area contributed by atoms with Crippen LogP contribution in [-0.4, -0.2) is 70.0 Å². The molecule has 1 saturated heterocycles. The maximum Gasteiger partial charge on any atom is 0.321 e. The van der Waals surface area contributed by atoms with Crippen molar-refractivity contribution in [3.63, 3.8) is 0 Å². The summed E-state index contributed by atoms with van der Waals surface area (Å²) in [6.45, 7) is 3.62. The van der Waals surface area contributed by atoms with Crippen molar-refractivity contribution in [2.45, 2.75) is 25.4 Å². The molecule has 2 aromatic rings. The van der Waals surface area contributed by atoms with Gasteiger partial charge >= 0.3 is 6.01 Å². The number of aliphatic imine (C=N–C) groups is 1. The second kappa shape index (κ2) is 7.63. The lowest BCUT2D eigenvalue weighted by Crippen LogP contribution is -2.60. The summed E-state index contributed by atoms with van der Waals surface area (Å²) in [4.78, 5) is 22.0. The largest absolute Gasteiger partial charge is 0.508 e. The van der Waals surface area contributed by atoms with E-state index in [-0.39, 0.29) is 11.8 Å². The molecule has 2 aliphatic rings. The van der Waals surface area contributed by atoms with E-state index >= 15 is 0 Å². The van der Waals surface area contributed by atoms with Crippen molar-refractivity contribution >= 4 is 18.1 Å². The van der Waals surface area contributed by atoms with E-state index in [1.807, 2.05) is 4.90 Å². The highest BCUT2D eigenvalue weighted by molar-refractivity contribution is 6.03. The Morgan fingerprint density at radius 3 is 2.59 bits per heavy atom. The van der Waals surface area contributed by atoms with Crippen LogP contribution < -0.4 is 15.1 Å². The first kappa shape index (κ1) is 19.1. The van der Waals surface area contributed by atoms with Crippen LogP contribution in [0.1, 0.15) is 24.2 Å². The number of hydrazone groups is 1. The van der Waals surface area contributed by atoms with Crippen molar-refractivity contribution in [3.05, 3.63) is 35.7 Å². The third-order valence-corrected chi connectivity index (χ3v) is 5.13. The monoisotopic (exact) mass is 396 g/mol. The molecule has 152 valence electrons. The van der Waals surface area contributed by atoms with Crippen LogP contribution in [0.4, 0.5) is 5.95 Å². The lowest BCUT2D eigenvalue weighted by molar-refractivity contribution is 0.171. The number of phenols is 1. The van der Waals surface area contributed by atoms with Gasteiger partial charge in [0, 0.05) is 32.1 Å². The van der Waals surface area contributed by atoms with Crippen molar-refractivity contribution in [1.29, 1.82) is 0 Å².